The summed E-state index contributed by atoms with van der Waals surface area (Å²) in [5.41, 5.74) is 8.78. The molecule has 2 aromatic heterocycles. The molecule has 1 aliphatic carbocycles. The van der Waals surface area contributed by atoms with Crippen LogP contribution in [0.3, 0.4) is 0 Å². The van der Waals surface area contributed by atoms with Crippen LogP contribution in [0, 0.1) is 5.82 Å². The Morgan fingerprint density at radius 3 is 2.44 bits per heavy atom. The first-order valence-corrected chi connectivity index (χ1v) is 11.6. The maximum Gasteiger partial charge on any atom is 0.453 e. The number of benzene rings is 1. The van der Waals surface area contributed by atoms with E-state index in [0.717, 1.165) is 18.4 Å². The molecule has 36 heavy (non-hydrogen) atoms. The zero-order valence-corrected chi connectivity index (χ0v) is 19.4. The van der Waals surface area contributed by atoms with Crippen LogP contribution >= 0.6 is 0 Å². The van der Waals surface area contributed by atoms with E-state index < -0.39 is 30.4 Å². The number of fused-ring (bicyclic) bond motifs is 2. The molecule has 0 bridgehead atoms. The normalized spacial score (nSPS) is 19.6. The molecule has 0 saturated carbocycles. The van der Waals surface area contributed by atoms with Crippen molar-refractivity contribution in [2.45, 2.75) is 63.0 Å². The minimum Gasteiger partial charge on any atom is -0.383 e. The standard InChI is InChI=1S/C24H24F6N6/c1-22(13-6-8-14(25)9-7-13)12-32-20-18(22)19(31)33-21(34-20)36-17-5-3-2-4-15(17)16(35-36)10-11-23(26,27)24(28,29)30/h6-9H,2-5,10-12H2,1H3,(H3,31,32,33,34). The van der Waals surface area contributed by atoms with Gasteiger partial charge in [0.2, 0.25) is 0 Å². The molecule has 3 aromatic rings. The number of hydrogen-bond donors (Lipinski definition) is 2. The van der Waals surface area contributed by atoms with Crippen LogP contribution in [-0.2, 0) is 24.7 Å². The molecule has 1 atom stereocenters. The van der Waals surface area contributed by atoms with Gasteiger partial charge in [-0.05, 0) is 62.3 Å². The van der Waals surface area contributed by atoms with Crippen LogP contribution in [-0.4, -0.2) is 38.4 Å². The van der Waals surface area contributed by atoms with Gasteiger partial charge in [-0.25, -0.2) is 9.07 Å². The van der Waals surface area contributed by atoms with Crippen LogP contribution in [0.1, 0.15) is 54.3 Å². The lowest BCUT2D eigenvalue weighted by molar-refractivity contribution is -0.284. The number of nitrogen functional groups attached to an aromatic ring is 1. The zero-order chi connectivity index (χ0) is 25.9. The van der Waals surface area contributed by atoms with Gasteiger partial charge in [0.25, 0.3) is 5.95 Å². The summed E-state index contributed by atoms with van der Waals surface area (Å²) in [5, 5.41) is 7.60. The first-order chi connectivity index (χ1) is 16.9. The topological polar surface area (TPSA) is 81.7 Å². The Labute approximate surface area is 202 Å². The van der Waals surface area contributed by atoms with Crippen molar-refractivity contribution < 1.29 is 26.3 Å². The average molecular weight is 510 g/mol. The maximum absolute atomic E-state index is 13.6. The Hall–Kier alpha value is -3.31. The van der Waals surface area contributed by atoms with E-state index in [4.69, 9.17) is 5.73 Å². The van der Waals surface area contributed by atoms with Crippen LogP contribution in [0.4, 0.5) is 38.0 Å². The van der Waals surface area contributed by atoms with Gasteiger partial charge in [-0.2, -0.15) is 37.0 Å². The van der Waals surface area contributed by atoms with Crippen molar-refractivity contribution in [3.05, 3.63) is 58.2 Å². The first kappa shape index (κ1) is 24.4. The van der Waals surface area contributed by atoms with Gasteiger partial charge in [0, 0.05) is 23.9 Å². The van der Waals surface area contributed by atoms with Gasteiger partial charge in [0.15, 0.2) is 0 Å². The lowest BCUT2D eigenvalue weighted by Gasteiger charge is -2.25. The van der Waals surface area contributed by atoms with Crippen LogP contribution in [0.5, 0.6) is 0 Å². The molecular formula is C24H24F6N6. The number of nitrogens with zero attached hydrogens (tertiary/aromatic N) is 4. The number of nitrogens with one attached hydrogen (secondary N) is 1. The molecule has 0 radical (unpaired) electrons. The van der Waals surface area contributed by atoms with E-state index in [1.807, 2.05) is 6.92 Å². The van der Waals surface area contributed by atoms with Crippen molar-refractivity contribution in [1.29, 1.82) is 0 Å². The largest absolute Gasteiger partial charge is 0.453 e. The van der Waals surface area contributed by atoms with Gasteiger partial charge in [-0.1, -0.05) is 12.1 Å². The van der Waals surface area contributed by atoms with Gasteiger partial charge >= 0.3 is 12.1 Å². The molecule has 2 aliphatic rings. The van der Waals surface area contributed by atoms with Gasteiger partial charge in [-0.15, -0.1) is 0 Å². The zero-order valence-electron chi connectivity index (χ0n) is 19.4. The Bertz CT molecular complexity index is 1300. The molecule has 1 aromatic carbocycles. The number of anilines is 2. The fourth-order valence-electron chi connectivity index (χ4n) is 5.10. The van der Waals surface area contributed by atoms with Crippen molar-refractivity contribution in [2.75, 3.05) is 17.6 Å². The lowest BCUT2D eigenvalue weighted by atomic mass is 9.78. The SMILES string of the molecule is CC1(c2ccc(F)cc2)CNc2nc(-n3nc(CCC(F)(F)C(F)(F)F)c4c3CCCC4)nc(N)c21. The highest BCUT2D eigenvalue weighted by Gasteiger charge is 2.56. The summed E-state index contributed by atoms with van der Waals surface area (Å²) in [6.07, 6.45) is -4.82. The highest BCUT2D eigenvalue weighted by atomic mass is 19.4. The van der Waals surface area contributed by atoms with E-state index in [0.29, 0.717) is 42.0 Å². The fraction of sp³-hybridized carbons (Fsp3) is 0.458. The van der Waals surface area contributed by atoms with Crippen molar-refractivity contribution in [3.63, 3.8) is 0 Å². The molecule has 3 heterocycles. The second-order valence-corrected chi connectivity index (χ2v) is 9.52. The van der Waals surface area contributed by atoms with Gasteiger partial charge in [-0.3, -0.25) is 0 Å². The number of hydrogen-bond acceptors (Lipinski definition) is 5. The second-order valence-electron chi connectivity index (χ2n) is 9.52. The number of alkyl halides is 5. The van der Waals surface area contributed by atoms with Crippen molar-refractivity contribution in [2.24, 2.45) is 0 Å². The molecule has 1 unspecified atom stereocenters. The predicted octanol–water partition coefficient (Wildman–Crippen LogP) is 5.12. The summed E-state index contributed by atoms with van der Waals surface area (Å²) < 4.78 is 80.1. The minimum atomic E-state index is -5.62. The summed E-state index contributed by atoms with van der Waals surface area (Å²) in [6.45, 7) is 2.37. The smallest absolute Gasteiger partial charge is 0.383 e. The number of aryl methyl sites for hydroxylation is 1. The van der Waals surface area contributed by atoms with Gasteiger partial charge < -0.3 is 11.1 Å². The fourth-order valence-corrected chi connectivity index (χ4v) is 5.10. The van der Waals surface area contributed by atoms with Crippen LogP contribution in [0.2, 0.25) is 0 Å². The second kappa shape index (κ2) is 8.38. The predicted molar refractivity (Wildman–Crippen MR) is 121 cm³/mol. The minimum absolute atomic E-state index is 0.120. The van der Waals surface area contributed by atoms with Gasteiger partial charge in [0.1, 0.15) is 17.5 Å². The van der Waals surface area contributed by atoms with E-state index in [1.165, 1.54) is 16.8 Å². The van der Waals surface area contributed by atoms with Crippen molar-refractivity contribution in [1.82, 2.24) is 19.7 Å². The van der Waals surface area contributed by atoms with E-state index in [1.54, 1.807) is 12.1 Å². The van der Waals surface area contributed by atoms with E-state index in [-0.39, 0.29) is 23.3 Å². The monoisotopic (exact) mass is 510 g/mol. The van der Waals surface area contributed by atoms with Crippen LogP contribution < -0.4 is 11.1 Å². The molecule has 12 heteroatoms. The lowest BCUT2D eigenvalue weighted by Crippen LogP contribution is -2.36. The maximum atomic E-state index is 13.6. The van der Waals surface area contributed by atoms with E-state index in [2.05, 4.69) is 20.4 Å². The highest BCUT2D eigenvalue weighted by Crippen LogP contribution is 2.44. The molecule has 3 N–H and O–H groups in total. The third-order valence-corrected chi connectivity index (χ3v) is 7.11. The van der Waals surface area contributed by atoms with Crippen LogP contribution in [0.25, 0.3) is 5.95 Å². The molecule has 0 amide bonds. The third kappa shape index (κ3) is 3.96. The number of halogens is 6. The molecule has 0 spiro atoms. The third-order valence-electron chi connectivity index (χ3n) is 7.11. The molecule has 5 rings (SSSR count). The Morgan fingerprint density at radius 2 is 1.75 bits per heavy atom. The Morgan fingerprint density at radius 1 is 1.06 bits per heavy atom. The Kier molecular flexibility index (Phi) is 5.68. The number of aromatic nitrogens is 4. The molecule has 0 saturated heterocycles. The Balaban J connectivity index is 1.52. The summed E-state index contributed by atoms with van der Waals surface area (Å²) in [7, 11) is 0. The summed E-state index contributed by atoms with van der Waals surface area (Å²) in [4.78, 5) is 9.04. The van der Waals surface area contributed by atoms with Crippen molar-refractivity contribution in [3.8, 4) is 5.95 Å². The molecule has 1 aliphatic heterocycles. The number of rotatable bonds is 5. The number of nitrogens with two attached hydrogens (primary N) is 1. The quantitative estimate of drug-likeness (QED) is 0.466. The molecule has 192 valence electrons. The highest BCUT2D eigenvalue weighted by molar-refractivity contribution is 5.68. The summed E-state index contributed by atoms with van der Waals surface area (Å²) in [6, 6.07) is 6.08. The van der Waals surface area contributed by atoms with Crippen LogP contribution in [0.15, 0.2) is 24.3 Å². The van der Waals surface area contributed by atoms with Crippen molar-refractivity contribution >= 4 is 11.6 Å². The summed E-state index contributed by atoms with van der Waals surface area (Å²) in [5.74, 6) is -4.40. The van der Waals surface area contributed by atoms with Gasteiger partial charge in [0.05, 0.1) is 11.4 Å². The average Bonchev–Trinajstić information content (AvgIpc) is 3.36. The van der Waals surface area contributed by atoms with E-state index in [9.17, 15) is 26.3 Å². The first-order valence-electron chi connectivity index (χ1n) is 11.6. The molecule has 0 fully saturated rings. The summed E-state index contributed by atoms with van der Waals surface area (Å²) >= 11 is 0. The van der Waals surface area contributed by atoms with E-state index >= 15 is 0 Å². The molecular weight excluding hydrogens is 486 g/mol. The molecule has 6 nitrogen and oxygen atoms in total.